The Labute approximate surface area is 141 Å². The summed E-state index contributed by atoms with van der Waals surface area (Å²) >= 11 is 1.33. The van der Waals surface area contributed by atoms with Crippen molar-refractivity contribution in [2.24, 2.45) is 5.92 Å². The van der Waals surface area contributed by atoms with Crippen molar-refractivity contribution in [1.82, 2.24) is 24.7 Å². The third-order valence-electron chi connectivity index (χ3n) is 4.00. The molecule has 1 aromatic heterocycles. The minimum Gasteiger partial charge on any atom is -0.351 e. The van der Waals surface area contributed by atoms with E-state index in [9.17, 15) is 9.59 Å². The quantitative estimate of drug-likeness (QED) is 0.905. The van der Waals surface area contributed by atoms with Crippen LogP contribution in [-0.4, -0.2) is 58.5 Å². The highest BCUT2D eigenvalue weighted by molar-refractivity contribution is 7.05. The van der Waals surface area contributed by atoms with E-state index < -0.39 is 0 Å². The van der Waals surface area contributed by atoms with Gasteiger partial charge in [0.1, 0.15) is 0 Å². The zero-order chi connectivity index (χ0) is 17.0. The van der Waals surface area contributed by atoms with Crippen LogP contribution in [0.2, 0.25) is 0 Å². The highest BCUT2D eigenvalue weighted by atomic mass is 32.1. The van der Waals surface area contributed by atoms with Crippen LogP contribution in [0.1, 0.15) is 43.2 Å². The Morgan fingerprint density at radius 1 is 1.43 bits per heavy atom. The molecule has 23 heavy (non-hydrogen) atoms. The molecule has 1 aliphatic heterocycles. The van der Waals surface area contributed by atoms with E-state index in [0.29, 0.717) is 19.0 Å². The summed E-state index contributed by atoms with van der Waals surface area (Å²) in [5.41, 5.74) is 0.948. The van der Waals surface area contributed by atoms with Crippen LogP contribution < -0.4 is 5.32 Å². The van der Waals surface area contributed by atoms with Crippen molar-refractivity contribution >= 4 is 23.5 Å². The lowest BCUT2D eigenvalue weighted by Gasteiger charge is -2.33. The molecule has 3 amide bonds. The number of amides is 3. The van der Waals surface area contributed by atoms with Crippen molar-refractivity contribution in [3.63, 3.8) is 0 Å². The van der Waals surface area contributed by atoms with Crippen molar-refractivity contribution in [1.29, 1.82) is 0 Å². The lowest BCUT2D eigenvalue weighted by molar-refractivity contribution is -0.126. The Morgan fingerprint density at radius 3 is 2.83 bits per heavy atom. The number of aromatic nitrogens is 2. The maximum absolute atomic E-state index is 12.4. The molecule has 0 aromatic carbocycles. The molecule has 7 nitrogen and oxygen atoms in total. The number of piperidine rings is 1. The van der Waals surface area contributed by atoms with Crippen molar-refractivity contribution in [3.8, 4) is 0 Å². The maximum Gasteiger partial charge on any atom is 0.319 e. The van der Waals surface area contributed by atoms with Gasteiger partial charge < -0.3 is 15.1 Å². The van der Waals surface area contributed by atoms with Crippen LogP contribution in [0.25, 0.3) is 0 Å². The molecule has 1 aromatic rings. The van der Waals surface area contributed by atoms with Gasteiger partial charge in [-0.3, -0.25) is 4.79 Å². The number of hydrogen-bond acceptors (Lipinski definition) is 5. The first-order valence-electron chi connectivity index (χ1n) is 7.95. The molecule has 1 atom stereocenters. The van der Waals surface area contributed by atoms with E-state index >= 15 is 0 Å². The highest BCUT2D eigenvalue weighted by Crippen LogP contribution is 2.21. The minimum atomic E-state index is -0.143. The first kappa shape index (κ1) is 17.7. The summed E-state index contributed by atoms with van der Waals surface area (Å²) in [5, 5.41) is 7.10. The molecule has 1 fully saturated rings. The third kappa shape index (κ3) is 4.40. The van der Waals surface area contributed by atoms with E-state index in [1.807, 2.05) is 0 Å². The number of nitrogens with zero attached hydrogens (tertiary/aromatic N) is 4. The van der Waals surface area contributed by atoms with E-state index in [4.69, 9.17) is 0 Å². The number of carbonyl (C=O) groups excluding carboxylic acids is 2. The standard InChI is InChI=1S/C15H25N5O2S/c1-10(2)13-12(23-18-17-13)8-16-14(21)11-6-5-7-20(9-11)15(22)19(3)4/h10-11H,5-9H2,1-4H3,(H,16,21)/t11-/m0/s1. The first-order valence-corrected chi connectivity index (χ1v) is 8.72. The molecule has 0 saturated carbocycles. The number of nitrogens with one attached hydrogen (secondary N) is 1. The Hall–Kier alpha value is -1.70. The van der Waals surface area contributed by atoms with Crippen molar-refractivity contribution in [3.05, 3.63) is 10.6 Å². The van der Waals surface area contributed by atoms with Crippen LogP contribution in [0.5, 0.6) is 0 Å². The zero-order valence-electron chi connectivity index (χ0n) is 14.2. The summed E-state index contributed by atoms with van der Waals surface area (Å²) in [7, 11) is 3.46. The van der Waals surface area contributed by atoms with Gasteiger partial charge in [-0.15, -0.1) is 5.10 Å². The minimum absolute atomic E-state index is 0.00404. The molecular weight excluding hydrogens is 314 g/mol. The normalized spacial score (nSPS) is 18.1. The van der Waals surface area contributed by atoms with Crippen LogP contribution in [0.3, 0.4) is 0 Å². The SMILES string of the molecule is CC(C)c1nnsc1CNC(=O)[C@H]1CCCN(C(=O)N(C)C)C1. The van der Waals surface area contributed by atoms with Crippen LogP contribution >= 0.6 is 11.5 Å². The Kier molecular flexibility index (Phi) is 5.92. The Balaban J connectivity index is 1.90. The molecule has 0 bridgehead atoms. The van der Waals surface area contributed by atoms with Crippen LogP contribution in [-0.2, 0) is 11.3 Å². The van der Waals surface area contributed by atoms with Gasteiger partial charge in [-0.2, -0.15) is 0 Å². The predicted molar refractivity (Wildman–Crippen MR) is 89.2 cm³/mol. The molecule has 128 valence electrons. The molecule has 2 heterocycles. The Morgan fingerprint density at radius 2 is 2.17 bits per heavy atom. The highest BCUT2D eigenvalue weighted by Gasteiger charge is 2.29. The molecule has 0 aliphatic carbocycles. The molecular formula is C15H25N5O2S. The summed E-state index contributed by atoms with van der Waals surface area (Å²) in [6, 6.07) is -0.0312. The van der Waals surface area contributed by atoms with Gasteiger partial charge in [0.15, 0.2) is 0 Å². The average Bonchev–Trinajstić information content (AvgIpc) is 3.00. The van der Waals surface area contributed by atoms with E-state index in [2.05, 4.69) is 28.8 Å². The van der Waals surface area contributed by atoms with Gasteiger partial charge in [0.2, 0.25) is 5.91 Å². The van der Waals surface area contributed by atoms with Gasteiger partial charge in [-0.1, -0.05) is 18.3 Å². The molecule has 1 N–H and O–H groups in total. The second-order valence-electron chi connectivity index (χ2n) is 6.42. The molecule has 8 heteroatoms. The Bertz CT molecular complexity index is 558. The fraction of sp³-hybridized carbons (Fsp3) is 0.733. The molecule has 0 radical (unpaired) electrons. The van der Waals surface area contributed by atoms with Crippen LogP contribution in [0.4, 0.5) is 4.79 Å². The van der Waals surface area contributed by atoms with Crippen molar-refractivity contribution in [2.75, 3.05) is 27.2 Å². The predicted octanol–water partition coefficient (Wildman–Crippen LogP) is 1.67. The monoisotopic (exact) mass is 339 g/mol. The van der Waals surface area contributed by atoms with Crippen molar-refractivity contribution < 1.29 is 9.59 Å². The topological polar surface area (TPSA) is 78.4 Å². The summed E-state index contributed by atoms with van der Waals surface area (Å²) in [6.45, 7) is 5.79. The summed E-state index contributed by atoms with van der Waals surface area (Å²) in [4.78, 5) is 28.8. The molecule has 1 aliphatic rings. The van der Waals surface area contributed by atoms with Gasteiger partial charge in [0, 0.05) is 27.2 Å². The van der Waals surface area contributed by atoms with Gasteiger partial charge in [-0.05, 0) is 30.3 Å². The first-order chi connectivity index (χ1) is 10.9. The maximum atomic E-state index is 12.4. The van der Waals surface area contributed by atoms with Gasteiger partial charge in [0.25, 0.3) is 0 Å². The zero-order valence-corrected chi connectivity index (χ0v) is 15.0. The lowest BCUT2D eigenvalue weighted by atomic mass is 9.97. The van der Waals surface area contributed by atoms with Crippen LogP contribution in [0, 0.1) is 5.92 Å². The van der Waals surface area contributed by atoms with E-state index in [-0.39, 0.29) is 17.9 Å². The summed E-state index contributed by atoms with van der Waals surface area (Å²) < 4.78 is 3.97. The number of likely N-dealkylation sites (tertiary alicyclic amines) is 1. The van der Waals surface area contributed by atoms with Crippen molar-refractivity contribution in [2.45, 2.75) is 39.2 Å². The smallest absolute Gasteiger partial charge is 0.319 e. The second kappa shape index (κ2) is 7.72. The second-order valence-corrected chi connectivity index (χ2v) is 7.25. The number of hydrogen-bond donors (Lipinski definition) is 1. The van der Waals surface area contributed by atoms with E-state index in [0.717, 1.165) is 30.0 Å². The fourth-order valence-corrected chi connectivity index (χ4v) is 3.47. The molecule has 0 unspecified atom stereocenters. The van der Waals surface area contributed by atoms with Gasteiger partial charge >= 0.3 is 6.03 Å². The summed E-state index contributed by atoms with van der Waals surface area (Å²) in [6.07, 6.45) is 1.68. The fourth-order valence-electron chi connectivity index (χ4n) is 2.74. The van der Waals surface area contributed by atoms with Gasteiger partial charge in [-0.25, -0.2) is 4.79 Å². The number of carbonyl (C=O) groups is 2. The van der Waals surface area contributed by atoms with E-state index in [1.54, 1.807) is 23.9 Å². The van der Waals surface area contributed by atoms with E-state index in [1.165, 1.54) is 11.5 Å². The third-order valence-corrected chi connectivity index (χ3v) is 4.74. The van der Waals surface area contributed by atoms with Gasteiger partial charge in [0.05, 0.1) is 23.0 Å². The molecule has 1 saturated heterocycles. The molecule has 2 rings (SSSR count). The summed E-state index contributed by atoms with van der Waals surface area (Å²) in [5.74, 6) is 0.156. The number of urea groups is 1. The number of rotatable bonds is 4. The average molecular weight is 339 g/mol. The lowest BCUT2D eigenvalue weighted by Crippen LogP contribution is -2.48. The molecule has 0 spiro atoms. The van der Waals surface area contributed by atoms with Crippen LogP contribution in [0.15, 0.2) is 0 Å². The largest absolute Gasteiger partial charge is 0.351 e.